The molecule has 108 valence electrons. The third kappa shape index (κ3) is 3.60. The predicted molar refractivity (Wildman–Crippen MR) is 77.7 cm³/mol. The molecule has 0 saturated heterocycles. The number of carbonyl (C=O) groups excluding carboxylic acids is 1. The number of aromatic nitrogens is 1. The molecule has 1 N–H and O–H groups in total. The fourth-order valence-corrected chi connectivity index (χ4v) is 2.27. The van der Waals surface area contributed by atoms with Crippen LogP contribution in [0.5, 0.6) is 5.75 Å². The van der Waals surface area contributed by atoms with Crippen molar-refractivity contribution in [2.75, 3.05) is 14.2 Å². The van der Waals surface area contributed by atoms with Crippen LogP contribution in [0.15, 0.2) is 12.3 Å². The van der Waals surface area contributed by atoms with Gasteiger partial charge in [-0.15, -0.1) is 0 Å². The summed E-state index contributed by atoms with van der Waals surface area (Å²) in [5.41, 5.74) is 0.457. The van der Waals surface area contributed by atoms with E-state index in [1.54, 1.807) is 19.3 Å². The number of H-pyrrole nitrogens is 1. The van der Waals surface area contributed by atoms with Gasteiger partial charge in [0.05, 0.1) is 7.11 Å². The molecule has 0 unspecified atom stereocenters. The highest BCUT2D eigenvalue weighted by Crippen LogP contribution is 2.37. The van der Waals surface area contributed by atoms with Crippen LogP contribution in [0.25, 0.3) is 0 Å². The standard InChI is InChI=1S/C13H24N2O3Si/c1-13(2,3)19(6,7)18-10-8-11(14-9-10)12(16)15(4)17-5/h8-9,14H,1-7H3. The van der Waals surface area contributed by atoms with Crippen molar-refractivity contribution >= 4 is 14.2 Å². The van der Waals surface area contributed by atoms with E-state index in [0.717, 1.165) is 0 Å². The van der Waals surface area contributed by atoms with Gasteiger partial charge in [0, 0.05) is 19.3 Å². The molecule has 1 aromatic heterocycles. The molecule has 1 heterocycles. The number of hydrogen-bond acceptors (Lipinski definition) is 3. The van der Waals surface area contributed by atoms with E-state index in [1.165, 1.54) is 12.2 Å². The molecular formula is C13H24N2O3Si. The molecule has 0 aromatic carbocycles. The molecule has 0 aliphatic heterocycles. The zero-order valence-electron chi connectivity index (χ0n) is 12.8. The Morgan fingerprint density at radius 1 is 1.37 bits per heavy atom. The predicted octanol–water partition coefficient (Wildman–Crippen LogP) is 3.03. The summed E-state index contributed by atoms with van der Waals surface area (Å²) in [6.45, 7) is 10.9. The minimum absolute atomic E-state index is 0.123. The number of nitrogens with one attached hydrogen (secondary N) is 1. The van der Waals surface area contributed by atoms with E-state index in [-0.39, 0.29) is 10.9 Å². The molecule has 0 spiro atoms. The molecular weight excluding hydrogens is 260 g/mol. The zero-order chi connectivity index (χ0) is 14.8. The molecule has 19 heavy (non-hydrogen) atoms. The van der Waals surface area contributed by atoms with Gasteiger partial charge in [-0.05, 0) is 18.1 Å². The average molecular weight is 284 g/mol. The third-order valence-corrected chi connectivity index (χ3v) is 7.98. The molecule has 1 rings (SSSR count). The topological polar surface area (TPSA) is 54.6 Å². The first-order chi connectivity index (χ1) is 8.58. The molecule has 5 nitrogen and oxygen atoms in total. The van der Waals surface area contributed by atoms with E-state index in [0.29, 0.717) is 11.4 Å². The summed E-state index contributed by atoms with van der Waals surface area (Å²) in [6, 6.07) is 1.72. The van der Waals surface area contributed by atoms with Gasteiger partial charge in [0.15, 0.2) is 0 Å². The van der Waals surface area contributed by atoms with E-state index < -0.39 is 8.32 Å². The molecule has 0 aliphatic carbocycles. The van der Waals surface area contributed by atoms with Crippen LogP contribution in [0.4, 0.5) is 0 Å². The maximum atomic E-state index is 11.9. The third-order valence-electron chi connectivity index (χ3n) is 3.63. The largest absolute Gasteiger partial charge is 0.542 e. The first kappa shape index (κ1) is 15.8. The second-order valence-corrected chi connectivity index (χ2v) is 10.8. The van der Waals surface area contributed by atoms with Gasteiger partial charge in [0.25, 0.3) is 14.2 Å². The van der Waals surface area contributed by atoms with E-state index in [1.807, 2.05) is 0 Å². The summed E-state index contributed by atoms with van der Waals surface area (Å²) in [4.78, 5) is 19.7. The molecule has 0 radical (unpaired) electrons. The minimum atomic E-state index is -1.88. The van der Waals surface area contributed by atoms with Crippen molar-refractivity contribution in [3.63, 3.8) is 0 Å². The van der Waals surface area contributed by atoms with Crippen molar-refractivity contribution < 1.29 is 14.1 Å². The highest BCUT2D eigenvalue weighted by molar-refractivity contribution is 6.74. The summed E-state index contributed by atoms with van der Waals surface area (Å²) in [5.74, 6) is 0.479. The van der Waals surface area contributed by atoms with Crippen LogP contribution in [0.3, 0.4) is 0 Å². The Labute approximate surface area is 116 Å². The van der Waals surface area contributed by atoms with Gasteiger partial charge in [0.2, 0.25) is 0 Å². The second kappa shape index (κ2) is 5.38. The van der Waals surface area contributed by atoms with Crippen molar-refractivity contribution in [2.24, 2.45) is 0 Å². The quantitative estimate of drug-likeness (QED) is 0.683. The van der Waals surface area contributed by atoms with Gasteiger partial charge in [-0.3, -0.25) is 9.63 Å². The van der Waals surface area contributed by atoms with Gasteiger partial charge in [-0.2, -0.15) is 0 Å². The fraction of sp³-hybridized carbons (Fsp3) is 0.615. The van der Waals surface area contributed by atoms with Gasteiger partial charge in [0.1, 0.15) is 11.4 Å². The monoisotopic (exact) mass is 284 g/mol. The molecule has 6 heteroatoms. The van der Waals surface area contributed by atoms with E-state index >= 15 is 0 Å². The van der Waals surface area contributed by atoms with E-state index in [4.69, 9.17) is 9.26 Å². The van der Waals surface area contributed by atoms with Gasteiger partial charge >= 0.3 is 0 Å². The van der Waals surface area contributed by atoms with Crippen LogP contribution in [0, 0.1) is 0 Å². The summed E-state index contributed by atoms with van der Waals surface area (Å²) in [5, 5.41) is 1.29. The summed E-state index contributed by atoms with van der Waals surface area (Å²) < 4.78 is 6.11. The molecule has 0 bridgehead atoms. The van der Waals surface area contributed by atoms with Gasteiger partial charge in [-0.1, -0.05) is 20.8 Å². The number of rotatable bonds is 4. The van der Waals surface area contributed by atoms with Crippen molar-refractivity contribution in [1.82, 2.24) is 10.0 Å². The van der Waals surface area contributed by atoms with Crippen molar-refractivity contribution in [2.45, 2.75) is 38.9 Å². The Morgan fingerprint density at radius 3 is 2.42 bits per heavy atom. The maximum Gasteiger partial charge on any atom is 0.293 e. The Balaban J connectivity index is 2.84. The van der Waals surface area contributed by atoms with Crippen molar-refractivity contribution in [3.05, 3.63) is 18.0 Å². The number of hydroxylamine groups is 2. The summed E-state index contributed by atoms with van der Waals surface area (Å²) in [7, 11) is 1.14. The smallest absolute Gasteiger partial charge is 0.293 e. The average Bonchev–Trinajstić information content (AvgIpc) is 2.73. The van der Waals surface area contributed by atoms with Crippen LogP contribution < -0.4 is 4.43 Å². The summed E-state index contributed by atoms with van der Waals surface area (Å²) >= 11 is 0. The highest BCUT2D eigenvalue weighted by Gasteiger charge is 2.39. The SMILES string of the molecule is CON(C)C(=O)c1cc(O[Si](C)(C)C(C)(C)C)c[nH]1. The normalized spacial score (nSPS) is 12.4. The molecule has 0 aliphatic rings. The number of aromatic amines is 1. The lowest BCUT2D eigenvalue weighted by Gasteiger charge is -2.35. The number of carbonyl (C=O) groups is 1. The first-order valence-corrected chi connectivity index (χ1v) is 9.19. The Morgan fingerprint density at radius 2 is 1.95 bits per heavy atom. The Bertz CT molecular complexity index is 449. The molecule has 0 fully saturated rings. The van der Waals surface area contributed by atoms with Gasteiger partial charge < -0.3 is 9.41 Å². The Hall–Kier alpha value is -1.27. The van der Waals surface area contributed by atoms with Crippen LogP contribution in [0.1, 0.15) is 31.3 Å². The lowest BCUT2D eigenvalue weighted by molar-refractivity contribution is -0.0760. The first-order valence-electron chi connectivity index (χ1n) is 6.28. The lowest BCUT2D eigenvalue weighted by atomic mass is 10.2. The van der Waals surface area contributed by atoms with Crippen LogP contribution in [0.2, 0.25) is 18.1 Å². The molecule has 0 atom stereocenters. The van der Waals surface area contributed by atoms with Crippen molar-refractivity contribution in [1.29, 1.82) is 0 Å². The number of nitrogens with zero attached hydrogens (tertiary/aromatic N) is 1. The number of amides is 1. The van der Waals surface area contributed by atoms with Crippen molar-refractivity contribution in [3.8, 4) is 5.75 Å². The lowest BCUT2D eigenvalue weighted by Crippen LogP contribution is -2.43. The Kier molecular flexibility index (Phi) is 4.47. The fourth-order valence-electron chi connectivity index (χ4n) is 1.26. The number of hydrogen-bond donors (Lipinski definition) is 1. The van der Waals surface area contributed by atoms with E-state index in [9.17, 15) is 4.79 Å². The van der Waals surface area contributed by atoms with E-state index in [2.05, 4.69) is 38.8 Å². The van der Waals surface area contributed by atoms with Gasteiger partial charge in [-0.25, -0.2) is 5.06 Å². The molecule has 1 amide bonds. The minimum Gasteiger partial charge on any atom is -0.542 e. The zero-order valence-corrected chi connectivity index (χ0v) is 13.8. The summed E-state index contributed by atoms with van der Waals surface area (Å²) in [6.07, 6.45) is 1.72. The molecule has 0 saturated carbocycles. The van der Waals surface area contributed by atoms with Crippen LogP contribution >= 0.6 is 0 Å². The second-order valence-electron chi connectivity index (χ2n) is 6.10. The highest BCUT2D eigenvalue weighted by atomic mass is 28.4. The maximum absolute atomic E-state index is 11.9. The van der Waals surface area contributed by atoms with Crippen LogP contribution in [-0.2, 0) is 4.84 Å². The van der Waals surface area contributed by atoms with Crippen LogP contribution in [-0.4, -0.2) is 38.4 Å². The molecule has 1 aromatic rings.